The predicted octanol–water partition coefficient (Wildman–Crippen LogP) is 3.64. The van der Waals surface area contributed by atoms with E-state index in [1.54, 1.807) is 0 Å². The van der Waals surface area contributed by atoms with Crippen molar-refractivity contribution in [1.82, 2.24) is 10.3 Å². The van der Waals surface area contributed by atoms with Crippen LogP contribution >= 0.6 is 0 Å². The van der Waals surface area contributed by atoms with E-state index in [9.17, 15) is 9.18 Å². The third kappa shape index (κ3) is 3.42. The Kier molecular flexibility index (Phi) is 4.14. The average molecular weight is 313 g/mol. The summed E-state index contributed by atoms with van der Waals surface area (Å²) in [6.45, 7) is 0.351. The third-order valence-corrected chi connectivity index (χ3v) is 3.44. The van der Waals surface area contributed by atoms with Gasteiger partial charge in [-0.3, -0.25) is 0 Å². The largest absolute Gasteiger partial charge is 0.494 e. The van der Waals surface area contributed by atoms with Crippen molar-refractivity contribution in [3.05, 3.63) is 60.0 Å². The van der Waals surface area contributed by atoms with E-state index in [0.29, 0.717) is 12.2 Å². The first-order chi connectivity index (χ1) is 11.2. The number of anilines is 1. The topological polar surface area (TPSA) is 66.2 Å². The van der Waals surface area contributed by atoms with Gasteiger partial charge in [0.05, 0.1) is 19.3 Å². The van der Waals surface area contributed by atoms with Crippen LogP contribution < -0.4 is 15.4 Å². The second-order valence-electron chi connectivity index (χ2n) is 5.03. The van der Waals surface area contributed by atoms with Crippen molar-refractivity contribution in [2.75, 3.05) is 12.4 Å². The molecule has 0 aliphatic heterocycles. The summed E-state index contributed by atoms with van der Waals surface area (Å²) in [6, 6.07) is 13.4. The number of H-pyrrole nitrogens is 1. The Morgan fingerprint density at radius 3 is 2.83 bits per heavy atom. The maximum Gasteiger partial charge on any atom is 0.319 e. The zero-order valence-electron chi connectivity index (χ0n) is 12.5. The Morgan fingerprint density at radius 2 is 2.04 bits per heavy atom. The maximum atomic E-state index is 13.1. The number of carbonyl (C=O) groups is 1. The molecule has 2 amide bonds. The number of halogens is 1. The van der Waals surface area contributed by atoms with Gasteiger partial charge in [-0.15, -0.1) is 0 Å². The highest BCUT2D eigenvalue weighted by Gasteiger charge is 2.09. The number of para-hydroxylation sites is 1. The van der Waals surface area contributed by atoms with Crippen LogP contribution in [-0.2, 0) is 6.54 Å². The fraction of sp³-hybridized carbons (Fsp3) is 0.118. The van der Waals surface area contributed by atoms with Gasteiger partial charge in [-0.2, -0.15) is 0 Å². The minimum atomic E-state index is -0.425. The van der Waals surface area contributed by atoms with Crippen molar-refractivity contribution in [3.8, 4) is 5.75 Å². The first-order valence-corrected chi connectivity index (χ1v) is 7.11. The fourth-order valence-corrected chi connectivity index (χ4v) is 2.34. The van der Waals surface area contributed by atoms with Gasteiger partial charge in [-0.1, -0.05) is 18.2 Å². The van der Waals surface area contributed by atoms with Gasteiger partial charge < -0.3 is 20.4 Å². The van der Waals surface area contributed by atoms with E-state index in [1.807, 2.05) is 30.3 Å². The molecule has 0 radical (unpaired) electrons. The minimum Gasteiger partial charge on any atom is -0.494 e. The molecule has 0 saturated carbocycles. The smallest absolute Gasteiger partial charge is 0.319 e. The van der Waals surface area contributed by atoms with Crippen molar-refractivity contribution in [1.29, 1.82) is 0 Å². The summed E-state index contributed by atoms with van der Waals surface area (Å²) in [5, 5.41) is 6.47. The van der Waals surface area contributed by atoms with Crippen LogP contribution in [0.4, 0.5) is 14.9 Å². The molecule has 1 aromatic heterocycles. The summed E-state index contributed by atoms with van der Waals surface area (Å²) in [4.78, 5) is 15.2. The number of benzene rings is 2. The van der Waals surface area contributed by atoms with Gasteiger partial charge in [0.2, 0.25) is 0 Å². The molecule has 0 saturated heterocycles. The molecule has 5 nitrogen and oxygen atoms in total. The Hall–Kier alpha value is -3.02. The molecule has 1 heterocycles. The molecule has 0 aliphatic carbocycles. The second-order valence-corrected chi connectivity index (χ2v) is 5.03. The molecule has 3 rings (SSSR count). The first kappa shape index (κ1) is 14.9. The highest BCUT2D eigenvalue weighted by molar-refractivity contribution is 5.91. The molecule has 0 bridgehead atoms. The zero-order valence-corrected chi connectivity index (χ0v) is 12.5. The normalized spacial score (nSPS) is 10.5. The van der Waals surface area contributed by atoms with Gasteiger partial charge in [0.25, 0.3) is 0 Å². The monoisotopic (exact) mass is 313 g/mol. The first-order valence-electron chi connectivity index (χ1n) is 7.11. The SMILES string of the molecule is COc1cc(F)ccc1NC(=O)NCc1cc2ccccc2[nH]1. The Labute approximate surface area is 132 Å². The summed E-state index contributed by atoms with van der Waals surface area (Å²) in [5.74, 6) is -0.156. The summed E-state index contributed by atoms with van der Waals surface area (Å²) < 4.78 is 18.2. The van der Waals surface area contributed by atoms with Crippen molar-refractivity contribution in [2.24, 2.45) is 0 Å². The molecule has 23 heavy (non-hydrogen) atoms. The number of rotatable bonds is 4. The van der Waals surface area contributed by atoms with Crippen LogP contribution in [0.1, 0.15) is 5.69 Å². The number of fused-ring (bicyclic) bond motifs is 1. The van der Waals surface area contributed by atoms with Gasteiger partial charge >= 0.3 is 6.03 Å². The molecular weight excluding hydrogens is 297 g/mol. The Balaban J connectivity index is 1.63. The summed E-state index contributed by atoms with van der Waals surface area (Å²) in [5.41, 5.74) is 2.32. The number of aromatic amines is 1. The van der Waals surface area contributed by atoms with E-state index in [1.165, 1.54) is 25.3 Å². The number of ether oxygens (including phenoxy) is 1. The number of urea groups is 1. The van der Waals surface area contributed by atoms with Crippen LogP contribution in [0.3, 0.4) is 0 Å². The van der Waals surface area contributed by atoms with Crippen LogP contribution in [0.15, 0.2) is 48.5 Å². The summed E-state index contributed by atoms with van der Waals surface area (Å²) in [6.07, 6.45) is 0. The molecular formula is C17H16FN3O2. The third-order valence-electron chi connectivity index (χ3n) is 3.44. The average Bonchev–Trinajstić information content (AvgIpc) is 2.97. The van der Waals surface area contributed by atoms with Crippen LogP contribution in [0.2, 0.25) is 0 Å². The van der Waals surface area contributed by atoms with Crippen molar-refractivity contribution in [2.45, 2.75) is 6.54 Å². The number of hydrogen-bond acceptors (Lipinski definition) is 2. The van der Waals surface area contributed by atoms with Gasteiger partial charge in [-0.05, 0) is 29.7 Å². The molecule has 118 valence electrons. The molecule has 3 aromatic rings. The standard InChI is InChI=1S/C17H16FN3O2/c1-23-16-9-12(18)6-7-15(16)21-17(22)19-10-13-8-11-4-2-3-5-14(11)20-13/h2-9,20H,10H2,1H3,(H2,19,21,22). The van der Waals surface area contributed by atoms with E-state index >= 15 is 0 Å². The van der Waals surface area contributed by atoms with E-state index in [-0.39, 0.29) is 5.75 Å². The number of methoxy groups -OCH3 is 1. The van der Waals surface area contributed by atoms with E-state index < -0.39 is 11.8 Å². The zero-order chi connectivity index (χ0) is 16.2. The number of nitrogens with one attached hydrogen (secondary N) is 3. The van der Waals surface area contributed by atoms with Gasteiger partial charge in [0.1, 0.15) is 11.6 Å². The Morgan fingerprint density at radius 1 is 1.22 bits per heavy atom. The summed E-state index contributed by atoms with van der Waals surface area (Å²) >= 11 is 0. The quantitative estimate of drug-likeness (QED) is 0.688. The van der Waals surface area contributed by atoms with E-state index in [2.05, 4.69) is 15.6 Å². The predicted molar refractivity (Wildman–Crippen MR) is 87.1 cm³/mol. The lowest BCUT2D eigenvalue weighted by molar-refractivity contribution is 0.251. The van der Waals surface area contributed by atoms with Gasteiger partial charge in [0, 0.05) is 17.3 Å². The lowest BCUT2D eigenvalue weighted by Gasteiger charge is -2.10. The maximum absolute atomic E-state index is 13.1. The van der Waals surface area contributed by atoms with Crippen molar-refractivity contribution in [3.63, 3.8) is 0 Å². The molecule has 2 aromatic carbocycles. The van der Waals surface area contributed by atoms with Crippen LogP contribution in [0, 0.1) is 5.82 Å². The van der Waals surface area contributed by atoms with Crippen molar-refractivity contribution < 1.29 is 13.9 Å². The second kappa shape index (κ2) is 6.39. The van der Waals surface area contributed by atoms with E-state index in [0.717, 1.165) is 16.6 Å². The molecule has 0 unspecified atom stereocenters. The van der Waals surface area contributed by atoms with Crippen molar-refractivity contribution >= 4 is 22.6 Å². The molecule has 0 spiro atoms. The van der Waals surface area contributed by atoms with Crippen LogP contribution in [0.25, 0.3) is 10.9 Å². The molecule has 6 heteroatoms. The van der Waals surface area contributed by atoms with Gasteiger partial charge in [-0.25, -0.2) is 9.18 Å². The molecule has 0 aliphatic rings. The highest BCUT2D eigenvalue weighted by atomic mass is 19.1. The lowest BCUT2D eigenvalue weighted by Crippen LogP contribution is -2.28. The highest BCUT2D eigenvalue weighted by Crippen LogP contribution is 2.24. The number of amides is 2. The summed E-state index contributed by atoms with van der Waals surface area (Å²) in [7, 11) is 1.42. The van der Waals surface area contributed by atoms with E-state index in [4.69, 9.17) is 4.74 Å². The fourth-order valence-electron chi connectivity index (χ4n) is 2.34. The minimum absolute atomic E-state index is 0.269. The molecule has 0 atom stereocenters. The molecule has 3 N–H and O–H groups in total. The van der Waals surface area contributed by atoms with Gasteiger partial charge in [0.15, 0.2) is 0 Å². The number of aromatic nitrogens is 1. The Bertz CT molecular complexity index is 812. The lowest BCUT2D eigenvalue weighted by atomic mass is 10.2. The van der Waals surface area contributed by atoms with Crippen LogP contribution in [-0.4, -0.2) is 18.1 Å². The number of hydrogen-bond donors (Lipinski definition) is 3. The number of carbonyl (C=O) groups excluding carboxylic acids is 1. The van der Waals surface area contributed by atoms with Crippen LogP contribution in [0.5, 0.6) is 5.75 Å². The molecule has 0 fully saturated rings.